The molecule has 0 spiro atoms. The minimum Gasteiger partial charge on any atom is -0.398 e. The number of hydrogen-bond donors (Lipinski definition) is 1. The van der Waals surface area contributed by atoms with Gasteiger partial charge in [-0.15, -0.1) is 0 Å². The fraction of sp³-hybridized carbons (Fsp3) is 0.583. The van der Waals surface area contributed by atoms with E-state index in [4.69, 9.17) is 5.73 Å². The molecule has 1 saturated carbocycles. The highest BCUT2D eigenvalue weighted by molar-refractivity contribution is 5.44. The summed E-state index contributed by atoms with van der Waals surface area (Å²) in [5.74, 6) is 0.939. The van der Waals surface area contributed by atoms with Crippen molar-refractivity contribution < 1.29 is 0 Å². The molecule has 0 radical (unpaired) electrons. The maximum atomic E-state index is 5.87. The second-order valence-corrected chi connectivity index (χ2v) is 4.26. The topological polar surface area (TPSA) is 38.9 Å². The Morgan fingerprint density at radius 3 is 2.86 bits per heavy atom. The molecule has 0 bridgehead atoms. The predicted octanol–water partition coefficient (Wildman–Crippen LogP) is 2.79. The van der Waals surface area contributed by atoms with Crippen LogP contribution in [0.1, 0.15) is 37.7 Å². The third-order valence-electron chi connectivity index (χ3n) is 3.24. The Kier molecular flexibility index (Phi) is 3.02. The van der Waals surface area contributed by atoms with Crippen molar-refractivity contribution in [1.82, 2.24) is 4.98 Å². The largest absolute Gasteiger partial charge is 0.398 e. The zero-order valence-corrected chi connectivity index (χ0v) is 8.58. The van der Waals surface area contributed by atoms with Gasteiger partial charge in [0, 0.05) is 18.1 Å². The van der Waals surface area contributed by atoms with E-state index in [0.717, 1.165) is 18.0 Å². The van der Waals surface area contributed by atoms with Crippen molar-refractivity contribution >= 4 is 5.69 Å². The molecule has 1 aliphatic rings. The number of hydrogen-bond acceptors (Lipinski definition) is 2. The molecule has 14 heavy (non-hydrogen) atoms. The van der Waals surface area contributed by atoms with Crippen LogP contribution >= 0.6 is 0 Å². The highest BCUT2D eigenvalue weighted by Gasteiger charge is 2.14. The van der Waals surface area contributed by atoms with Crippen LogP contribution in [0.2, 0.25) is 0 Å². The maximum absolute atomic E-state index is 5.87. The van der Waals surface area contributed by atoms with Gasteiger partial charge in [-0.2, -0.15) is 0 Å². The molecule has 0 atom stereocenters. The molecule has 76 valence electrons. The third-order valence-corrected chi connectivity index (χ3v) is 3.24. The molecule has 0 aromatic carbocycles. The summed E-state index contributed by atoms with van der Waals surface area (Å²) in [7, 11) is 0. The molecule has 0 saturated heterocycles. The van der Waals surface area contributed by atoms with E-state index in [-0.39, 0.29) is 0 Å². The van der Waals surface area contributed by atoms with E-state index in [1.165, 1.54) is 37.7 Å². The van der Waals surface area contributed by atoms with Gasteiger partial charge in [0.2, 0.25) is 0 Å². The number of anilines is 1. The maximum Gasteiger partial charge on any atom is 0.0377 e. The first kappa shape index (κ1) is 9.50. The van der Waals surface area contributed by atoms with Crippen LogP contribution in [0.15, 0.2) is 18.5 Å². The van der Waals surface area contributed by atoms with E-state index in [1.54, 1.807) is 6.20 Å². The van der Waals surface area contributed by atoms with Crippen LogP contribution in [0.3, 0.4) is 0 Å². The second-order valence-electron chi connectivity index (χ2n) is 4.26. The minimum absolute atomic E-state index is 0.901. The van der Waals surface area contributed by atoms with Gasteiger partial charge in [-0.1, -0.05) is 25.7 Å². The van der Waals surface area contributed by atoms with Gasteiger partial charge in [0.15, 0.2) is 0 Å². The van der Waals surface area contributed by atoms with E-state index in [9.17, 15) is 0 Å². The summed E-state index contributed by atoms with van der Waals surface area (Å²) in [5, 5.41) is 0. The predicted molar refractivity (Wildman–Crippen MR) is 58.9 cm³/mol. The molecule has 2 nitrogen and oxygen atoms in total. The fourth-order valence-electron chi connectivity index (χ4n) is 2.31. The number of nitrogens with zero attached hydrogens (tertiary/aromatic N) is 1. The van der Waals surface area contributed by atoms with E-state index >= 15 is 0 Å². The van der Waals surface area contributed by atoms with Gasteiger partial charge in [0.1, 0.15) is 0 Å². The standard InChI is InChI=1S/C12H18N2/c13-12-7-8-14-9-11(12)6-5-10-3-1-2-4-10/h7-10H,1-6H2,(H2,13,14). The first-order valence-electron chi connectivity index (χ1n) is 5.54. The third kappa shape index (κ3) is 2.25. The molecule has 1 aromatic rings. The zero-order valence-electron chi connectivity index (χ0n) is 8.58. The smallest absolute Gasteiger partial charge is 0.0377 e. The van der Waals surface area contributed by atoms with Crippen molar-refractivity contribution in [3.8, 4) is 0 Å². The van der Waals surface area contributed by atoms with E-state index in [1.807, 2.05) is 12.3 Å². The van der Waals surface area contributed by atoms with Crippen LogP contribution in [0.25, 0.3) is 0 Å². The van der Waals surface area contributed by atoms with Crippen LogP contribution in [0.4, 0.5) is 5.69 Å². The van der Waals surface area contributed by atoms with Crippen molar-refractivity contribution in [1.29, 1.82) is 0 Å². The van der Waals surface area contributed by atoms with Gasteiger partial charge in [0.05, 0.1) is 0 Å². The number of aromatic nitrogens is 1. The number of nitrogen functional groups attached to an aromatic ring is 1. The Morgan fingerprint density at radius 2 is 2.14 bits per heavy atom. The highest BCUT2D eigenvalue weighted by Crippen LogP contribution is 2.29. The summed E-state index contributed by atoms with van der Waals surface area (Å²) < 4.78 is 0. The summed E-state index contributed by atoms with van der Waals surface area (Å²) in [5.41, 5.74) is 7.99. The van der Waals surface area contributed by atoms with E-state index in [0.29, 0.717) is 0 Å². The molecule has 1 fully saturated rings. The summed E-state index contributed by atoms with van der Waals surface area (Å²) in [4.78, 5) is 4.11. The van der Waals surface area contributed by atoms with Crippen molar-refractivity contribution in [3.63, 3.8) is 0 Å². The SMILES string of the molecule is Nc1ccncc1CCC1CCCC1. The molecule has 2 N–H and O–H groups in total. The van der Waals surface area contributed by atoms with Gasteiger partial charge in [0.25, 0.3) is 0 Å². The van der Waals surface area contributed by atoms with Crippen LogP contribution < -0.4 is 5.73 Å². The number of pyridine rings is 1. The average Bonchev–Trinajstić information content (AvgIpc) is 2.69. The minimum atomic E-state index is 0.901. The van der Waals surface area contributed by atoms with Gasteiger partial charge in [-0.3, -0.25) is 4.98 Å². The van der Waals surface area contributed by atoms with Gasteiger partial charge in [-0.25, -0.2) is 0 Å². The first-order chi connectivity index (χ1) is 6.86. The molecule has 1 aliphatic carbocycles. The molecule has 0 amide bonds. The Balaban J connectivity index is 1.88. The van der Waals surface area contributed by atoms with Crippen molar-refractivity contribution in [3.05, 3.63) is 24.0 Å². The highest BCUT2D eigenvalue weighted by atomic mass is 14.7. The zero-order chi connectivity index (χ0) is 9.80. The Labute approximate surface area is 85.5 Å². The number of aryl methyl sites for hydroxylation is 1. The molecule has 1 heterocycles. The van der Waals surface area contributed by atoms with Crippen LogP contribution in [-0.2, 0) is 6.42 Å². The van der Waals surface area contributed by atoms with E-state index < -0.39 is 0 Å². The molecular formula is C12H18N2. The summed E-state index contributed by atoms with van der Waals surface area (Å²) in [6, 6.07) is 1.89. The van der Waals surface area contributed by atoms with Gasteiger partial charge in [-0.05, 0) is 30.4 Å². The average molecular weight is 190 g/mol. The van der Waals surface area contributed by atoms with Gasteiger partial charge >= 0.3 is 0 Å². The fourth-order valence-corrected chi connectivity index (χ4v) is 2.31. The summed E-state index contributed by atoms with van der Waals surface area (Å²) >= 11 is 0. The normalized spacial score (nSPS) is 17.4. The Bertz CT molecular complexity index is 290. The second kappa shape index (κ2) is 4.45. The molecule has 0 aliphatic heterocycles. The lowest BCUT2D eigenvalue weighted by Gasteiger charge is -2.09. The van der Waals surface area contributed by atoms with Gasteiger partial charge < -0.3 is 5.73 Å². The summed E-state index contributed by atoms with van der Waals surface area (Å²) in [6.45, 7) is 0. The Hall–Kier alpha value is -1.05. The van der Waals surface area contributed by atoms with Crippen LogP contribution in [0.5, 0.6) is 0 Å². The lowest BCUT2D eigenvalue weighted by molar-refractivity contribution is 0.504. The molecule has 2 rings (SSSR count). The summed E-state index contributed by atoms with van der Waals surface area (Å²) in [6.07, 6.45) is 11.7. The number of rotatable bonds is 3. The lowest BCUT2D eigenvalue weighted by atomic mass is 9.98. The van der Waals surface area contributed by atoms with Crippen molar-refractivity contribution in [2.75, 3.05) is 5.73 Å². The molecular weight excluding hydrogens is 172 g/mol. The quantitative estimate of drug-likeness (QED) is 0.796. The first-order valence-corrected chi connectivity index (χ1v) is 5.54. The molecule has 0 unspecified atom stereocenters. The van der Waals surface area contributed by atoms with E-state index in [2.05, 4.69) is 4.98 Å². The van der Waals surface area contributed by atoms with Crippen LogP contribution in [-0.4, -0.2) is 4.98 Å². The Morgan fingerprint density at radius 1 is 1.36 bits per heavy atom. The monoisotopic (exact) mass is 190 g/mol. The van der Waals surface area contributed by atoms with Crippen molar-refractivity contribution in [2.45, 2.75) is 38.5 Å². The molecule has 1 aromatic heterocycles. The number of nitrogens with two attached hydrogens (primary N) is 1. The lowest BCUT2D eigenvalue weighted by Crippen LogP contribution is -2.00. The van der Waals surface area contributed by atoms with Crippen LogP contribution in [0, 0.1) is 5.92 Å². The van der Waals surface area contributed by atoms with Crippen molar-refractivity contribution in [2.24, 2.45) is 5.92 Å². The molecule has 2 heteroatoms.